The van der Waals surface area contributed by atoms with E-state index in [1.54, 1.807) is 23.0 Å². The SMILES string of the molecule is Cc1cc(C(O)Cc2cncs2)c(C)o1. The van der Waals surface area contributed by atoms with Gasteiger partial charge in [0.1, 0.15) is 11.5 Å². The largest absolute Gasteiger partial charge is 0.466 e. The molecule has 15 heavy (non-hydrogen) atoms. The summed E-state index contributed by atoms with van der Waals surface area (Å²) in [6, 6.07) is 1.89. The molecule has 0 aliphatic heterocycles. The molecule has 2 rings (SSSR count). The summed E-state index contributed by atoms with van der Waals surface area (Å²) in [5.74, 6) is 1.63. The Morgan fingerprint density at radius 1 is 1.53 bits per heavy atom. The molecule has 0 spiro atoms. The number of nitrogens with zero attached hydrogens (tertiary/aromatic N) is 1. The van der Waals surface area contributed by atoms with Gasteiger partial charge in [-0.2, -0.15) is 0 Å². The number of rotatable bonds is 3. The van der Waals surface area contributed by atoms with Crippen LogP contribution in [0, 0.1) is 13.8 Å². The highest BCUT2D eigenvalue weighted by molar-refractivity contribution is 7.09. The van der Waals surface area contributed by atoms with Crippen molar-refractivity contribution in [2.75, 3.05) is 0 Å². The van der Waals surface area contributed by atoms with Crippen LogP contribution in [0.15, 0.2) is 22.2 Å². The van der Waals surface area contributed by atoms with Crippen molar-refractivity contribution in [2.24, 2.45) is 0 Å². The van der Waals surface area contributed by atoms with Crippen molar-refractivity contribution < 1.29 is 9.52 Å². The first-order valence-electron chi connectivity index (χ1n) is 4.79. The molecule has 0 fully saturated rings. The number of hydrogen-bond acceptors (Lipinski definition) is 4. The molecule has 0 aliphatic carbocycles. The Morgan fingerprint density at radius 2 is 2.33 bits per heavy atom. The summed E-state index contributed by atoms with van der Waals surface area (Å²) in [4.78, 5) is 5.06. The van der Waals surface area contributed by atoms with Crippen molar-refractivity contribution in [2.45, 2.75) is 26.4 Å². The lowest BCUT2D eigenvalue weighted by atomic mass is 10.1. The van der Waals surface area contributed by atoms with E-state index in [0.717, 1.165) is 22.0 Å². The van der Waals surface area contributed by atoms with Gasteiger partial charge in [-0.05, 0) is 19.9 Å². The van der Waals surface area contributed by atoms with Crippen LogP contribution >= 0.6 is 11.3 Å². The van der Waals surface area contributed by atoms with Crippen LogP contribution in [0.4, 0.5) is 0 Å². The fraction of sp³-hybridized carbons (Fsp3) is 0.364. The summed E-state index contributed by atoms with van der Waals surface area (Å²) < 4.78 is 5.38. The fourth-order valence-corrected chi connectivity index (χ4v) is 2.26. The van der Waals surface area contributed by atoms with E-state index in [1.807, 2.05) is 19.9 Å². The van der Waals surface area contributed by atoms with Gasteiger partial charge in [0.05, 0.1) is 11.6 Å². The summed E-state index contributed by atoms with van der Waals surface area (Å²) in [6.45, 7) is 3.76. The van der Waals surface area contributed by atoms with Gasteiger partial charge in [0.25, 0.3) is 0 Å². The maximum atomic E-state index is 10.0. The van der Waals surface area contributed by atoms with Gasteiger partial charge in [0.2, 0.25) is 0 Å². The van der Waals surface area contributed by atoms with E-state index in [0.29, 0.717) is 6.42 Å². The van der Waals surface area contributed by atoms with Gasteiger partial charge in [0.15, 0.2) is 0 Å². The topological polar surface area (TPSA) is 46.3 Å². The van der Waals surface area contributed by atoms with Crippen molar-refractivity contribution in [3.63, 3.8) is 0 Å². The molecule has 1 unspecified atom stereocenters. The zero-order valence-electron chi connectivity index (χ0n) is 8.73. The highest BCUT2D eigenvalue weighted by Gasteiger charge is 2.15. The summed E-state index contributed by atoms with van der Waals surface area (Å²) in [5, 5.41) is 10.0. The van der Waals surface area contributed by atoms with Crippen LogP contribution in [0.3, 0.4) is 0 Å². The average Bonchev–Trinajstić information content (AvgIpc) is 2.75. The molecule has 1 N–H and O–H groups in total. The molecule has 0 aliphatic rings. The maximum Gasteiger partial charge on any atom is 0.106 e. The molecule has 0 amide bonds. The van der Waals surface area contributed by atoms with Gasteiger partial charge in [0, 0.05) is 23.1 Å². The van der Waals surface area contributed by atoms with Crippen molar-refractivity contribution in [1.29, 1.82) is 0 Å². The molecule has 80 valence electrons. The predicted octanol–water partition coefficient (Wildman–Crippen LogP) is 2.63. The lowest BCUT2D eigenvalue weighted by Crippen LogP contribution is -2.00. The second-order valence-electron chi connectivity index (χ2n) is 3.56. The van der Waals surface area contributed by atoms with Crippen LogP contribution in [0.5, 0.6) is 0 Å². The van der Waals surface area contributed by atoms with Crippen LogP contribution in [0.25, 0.3) is 0 Å². The van der Waals surface area contributed by atoms with Gasteiger partial charge in [-0.25, -0.2) is 0 Å². The van der Waals surface area contributed by atoms with Gasteiger partial charge in [-0.1, -0.05) is 0 Å². The predicted molar refractivity (Wildman–Crippen MR) is 59.0 cm³/mol. The van der Waals surface area contributed by atoms with Crippen LogP contribution in [-0.4, -0.2) is 10.1 Å². The molecule has 2 heterocycles. The zero-order chi connectivity index (χ0) is 10.8. The zero-order valence-corrected chi connectivity index (χ0v) is 9.54. The monoisotopic (exact) mass is 223 g/mol. The third-order valence-electron chi connectivity index (χ3n) is 2.32. The Labute approximate surface area is 92.4 Å². The van der Waals surface area contributed by atoms with Gasteiger partial charge >= 0.3 is 0 Å². The Morgan fingerprint density at radius 3 is 2.87 bits per heavy atom. The minimum atomic E-state index is -0.497. The average molecular weight is 223 g/mol. The summed E-state index contributed by atoms with van der Waals surface area (Å²) >= 11 is 1.56. The molecular formula is C11H13NO2S. The molecule has 4 heteroatoms. The molecule has 2 aromatic rings. The first kappa shape index (κ1) is 10.4. The van der Waals surface area contributed by atoms with Crippen molar-refractivity contribution >= 4 is 11.3 Å². The van der Waals surface area contributed by atoms with Gasteiger partial charge in [-0.3, -0.25) is 4.98 Å². The number of furan rings is 1. The molecule has 2 aromatic heterocycles. The summed E-state index contributed by atoms with van der Waals surface area (Å²) in [6.07, 6.45) is 1.89. The molecule has 0 radical (unpaired) electrons. The molecular weight excluding hydrogens is 210 g/mol. The van der Waals surface area contributed by atoms with E-state index in [-0.39, 0.29) is 0 Å². The minimum Gasteiger partial charge on any atom is -0.466 e. The highest BCUT2D eigenvalue weighted by atomic mass is 32.1. The quantitative estimate of drug-likeness (QED) is 0.870. The molecule has 3 nitrogen and oxygen atoms in total. The van der Waals surface area contributed by atoms with Crippen molar-refractivity contribution in [3.05, 3.63) is 39.7 Å². The van der Waals surface area contributed by atoms with E-state index >= 15 is 0 Å². The minimum absolute atomic E-state index is 0.497. The Kier molecular flexibility index (Phi) is 2.88. The van der Waals surface area contributed by atoms with Crippen LogP contribution in [0.1, 0.15) is 28.1 Å². The van der Waals surface area contributed by atoms with Crippen molar-refractivity contribution in [1.82, 2.24) is 4.98 Å². The number of aromatic nitrogens is 1. The van der Waals surface area contributed by atoms with E-state index < -0.39 is 6.10 Å². The highest BCUT2D eigenvalue weighted by Crippen LogP contribution is 2.25. The van der Waals surface area contributed by atoms with E-state index in [4.69, 9.17) is 4.42 Å². The summed E-state index contributed by atoms with van der Waals surface area (Å²) in [7, 11) is 0. The smallest absolute Gasteiger partial charge is 0.106 e. The fourth-order valence-electron chi connectivity index (χ4n) is 1.62. The van der Waals surface area contributed by atoms with Crippen LogP contribution < -0.4 is 0 Å². The van der Waals surface area contributed by atoms with Crippen molar-refractivity contribution in [3.8, 4) is 0 Å². The first-order chi connectivity index (χ1) is 7.16. The maximum absolute atomic E-state index is 10.0. The van der Waals surface area contributed by atoms with E-state index in [1.165, 1.54) is 0 Å². The first-order valence-corrected chi connectivity index (χ1v) is 5.67. The van der Waals surface area contributed by atoms with E-state index in [9.17, 15) is 5.11 Å². The van der Waals surface area contributed by atoms with Gasteiger partial charge in [-0.15, -0.1) is 11.3 Å². The lowest BCUT2D eigenvalue weighted by molar-refractivity contribution is 0.177. The normalized spacial score (nSPS) is 13.0. The van der Waals surface area contributed by atoms with E-state index in [2.05, 4.69) is 4.98 Å². The third kappa shape index (κ3) is 2.27. The second kappa shape index (κ2) is 4.16. The molecule has 0 saturated carbocycles. The molecule has 0 bridgehead atoms. The number of aryl methyl sites for hydroxylation is 2. The number of thiazole rings is 1. The Balaban J connectivity index is 2.14. The Bertz CT molecular complexity index is 433. The molecule has 0 saturated heterocycles. The van der Waals surface area contributed by atoms with Crippen LogP contribution in [0.2, 0.25) is 0 Å². The standard InChI is InChI=1S/C11H13NO2S/c1-7-3-10(8(2)14-7)11(13)4-9-5-12-6-15-9/h3,5-6,11,13H,4H2,1-2H3. The third-order valence-corrected chi connectivity index (χ3v) is 3.12. The molecule has 0 aromatic carbocycles. The Hall–Kier alpha value is -1.13. The molecule has 1 atom stereocenters. The summed E-state index contributed by atoms with van der Waals surface area (Å²) in [5.41, 5.74) is 2.65. The van der Waals surface area contributed by atoms with Gasteiger partial charge < -0.3 is 9.52 Å². The number of hydrogen-bond donors (Lipinski definition) is 1. The van der Waals surface area contributed by atoms with Crippen LogP contribution in [-0.2, 0) is 6.42 Å². The number of aliphatic hydroxyl groups excluding tert-OH is 1. The lowest BCUT2D eigenvalue weighted by Gasteiger charge is -2.07. The number of aliphatic hydroxyl groups is 1. The second-order valence-corrected chi connectivity index (χ2v) is 4.53.